The van der Waals surface area contributed by atoms with E-state index in [4.69, 9.17) is 0 Å². The van der Waals surface area contributed by atoms with Gasteiger partial charge in [-0.05, 0) is 25.5 Å². The number of aliphatic imine (C=N–C) groups is 1. The maximum atomic E-state index is 14.0. The van der Waals surface area contributed by atoms with E-state index in [1.807, 2.05) is 31.3 Å². The summed E-state index contributed by atoms with van der Waals surface area (Å²) in [5.41, 5.74) is 0.958. The lowest BCUT2D eigenvalue weighted by atomic mass is 10.2. The number of benzene rings is 1. The van der Waals surface area contributed by atoms with Gasteiger partial charge in [-0.1, -0.05) is 6.07 Å². The topological polar surface area (TPSA) is 55.8 Å². The summed E-state index contributed by atoms with van der Waals surface area (Å²) in [4.78, 5) is 12.9. The number of hydrogen-bond donors (Lipinski definition) is 2. The summed E-state index contributed by atoms with van der Waals surface area (Å²) >= 11 is 1.58. The Bertz CT molecular complexity index is 809. The van der Waals surface area contributed by atoms with Crippen LogP contribution in [0.15, 0.2) is 28.6 Å². The molecule has 29 heavy (non-hydrogen) atoms. The van der Waals surface area contributed by atoms with Gasteiger partial charge in [-0.25, -0.2) is 18.8 Å². The van der Waals surface area contributed by atoms with E-state index in [2.05, 4.69) is 20.6 Å². The summed E-state index contributed by atoms with van der Waals surface area (Å²) in [5.74, 6) is -0.370. The van der Waals surface area contributed by atoms with E-state index in [9.17, 15) is 8.78 Å². The molecular weight excluding hydrogens is 509 g/mol. The van der Waals surface area contributed by atoms with Gasteiger partial charge in [0.05, 0.1) is 12.2 Å². The number of thiazole rings is 1. The number of halogens is 3. The molecular formula is C19H27F2IN6S. The second-order valence-electron chi connectivity index (χ2n) is 6.86. The molecule has 1 unspecified atom stereocenters. The van der Waals surface area contributed by atoms with E-state index >= 15 is 0 Å². The Kier molecular flexibility index (Phi) is 8.87. The van der Waals surface area contributed by atoms with Gasteiger partial charge in [-0.2, -0.15) is 0 Å². The van der Waals surface area contributed by atoms with Crippen LogP contribution < -0.4 is 20.4 Å². The summed E-state index contributed by atoms with van der Waals surface area (Å²) in [7, 11) is 3.92. The molecule has 0 saturated carbocycles. The monoisotopic (exact) mass is 536 g/mol. The van der Waals surface area contributed by atoms with E-state index in [1.165, 1.54) is 18.2 Å². The summed E-state index contributed by atoms with van der Waals surface area (Å²) in [6, 6.07) is 4.03. The van der Waals surface area contributed by atoms with Crippen LogP contribution in [-0.2, 0) is 6.54 Å². The lowest BCUT2D eigenvalue weighted by Crippen LogP contribution is -2.44. The molecule has 2 aromatic rings. The molecule has 3 rings (SSSR count). The first kappa shape index (κ1) is 23.6. The molecule has 10 heteroatoms. The molecule has 0 spiro atoms. The fraction of sp³-hybridized carbons (Fsp3) is 0.474. The Labute approximate surface area is 191 Å². The SMILES string of the molecule is CCNC(=NCc1csc(N(C)C)n1)NC1CCN(c2c(F)cccc2F)C1.I. The molecule has 0 bridgehead atoms. The van der Waals surface area contributed by atoms with Crippen molar-refractivity contribution in [3.8, 4) is 0 Å². The number of anilines is 2. The molecule has 0 radical (unpaired) electrons. The van der Waals surface area contributed by atoms with E-state index in [0.717, 1.165) is 23.8 Å². The first-order chi connectivity index (χ1) is 13.5. The summed E-state index contributed by atoms with van der Waals surface area (Å²) in [6.45, 7) is 4.30. The van der Waals surface area contributed by atoms with Gasteiger partial charge in [0.1, 0.15) is 17.3 Å². The van der Waals surface area contributed by atoms with Crippen molar-refractivity contribution >= 4 is 52.1 Å². The zero-order chi connectivity index (χ0) is 20.1. The number of guanidine groups is 1. The third kappa shape index (κ3) is 6.14. The molecule has 1 aromatic heterocycles. The predicted molar refractivity (Wildman–Crippen MR) is 127 cm³/mol. The van der Waals surface area contributed by atoms with Crippen LogP contribution in [0.5, 0.6) is 0 Å². The van der Waals surface area contributed by atoms with Gasteiger partial charge in [0.25, 0.3) is 0 Å². The molecule has 2 N–H and O–H groups in total. The summed E-state index contributed by atoms with van der Waals surface area (Å²) in [5, 5.41) is 9.54. The third-order valence-electron chi connectivity index (χ3n) is 4.45. The molecule has 1 aromatic carbocycles. The van der Waals surface area contributed by atoms with Gasteiger partial charge in [0.15, 0.2) is 11.1 Å². The Morgan fingerprint density at radius 1 is 1.34 bits per heavy atom. The van der Waals surface area contributed by atoms with E-state index < -0.39 is 11.6 Å². The quantitative estimate of drug-likeness (QED) is 0.337. The van der Waals surface area contributed by atoms with Crippen LogP contribution in [0.4, 0.5) is 19.6 Å². The minimum Gasteiger partial charge on any atom is -0.365 e. The largest absolute Gasteiger partial charge is 0.365 e. The second kappa shape index (κ2) is 10.9. The predicted octanol–water partition coefficient (Wildman–Crippen LogP) is 3.44. The molecule has 1 aliphatic rings. The molecule has 1 fully saturated rings. The van der Waals surface area contributed by atoms with E-state index in [-0.39, 0.29) is 35.7 Å². The van der Waals surface area contributed by atoms with Crippen LogP contribution in [0.1, 0.15) is 19.0 Å². The molecule has 1 saturated heterocycles. The van der Waals surface area contributed by atoms with Crippen molar-refractivity contribution in [3.05, 3.63) is 40.9 Å². The zero-order valence-electron chi connectivity index (χ0n) is 16.8. The lowest BCUT2D eigenvalue weighted by molar-refractivity contribution is 0.576. The summed E-state index contributed by atoms with van der Waals surface area (Å²) in [6.07, 6.45) is 0.777. The minimum atomic E-state index is -0.526. The van der Waals surface area contributed by atoms with Crippen molar-refractivity contribution in [3.63, 3.8) is 0 Å². The number of nitrogens with one attached hydrogen (secondary N) is 2. The zero-order valence-corrected chi connectivity index (χ0v) is 19.9. The van der Waals surface area contributed by atoms with Crippen molar-refractivity contribution in [1.29, 1.82) is 0 Å². The highest BCUT2D eigenvalue weighted by atomic mass is 127. The van der Waals surface area contributed by atoms with Crippen LogP contribution >= 0.6 is 35.3 Å². The average molecular weight is 536 g/mol. The summed E-state index contributed by atoms with van der Waals surface area (Å²) < 4.78 is 28.1. The van der Waals surface area contributed by atoms with Crippen molar-refractivity contribution < 1.29 is 8.78 Å². The average Bonchev–Trinajstić information content (AvgIpc) is 3.29. The van der Waals surface area contributed by atoms with Crippen molar-refractivity contribution in [1.82, 2.24) is 15.6 Å². The minimum absolute atomic E-state index is 0. The van der Waals surface area contributed by atoms with E-state index in [0.29, 0.717) is 25.6 Å². The smallest absolute Gasteiger partial charge is 0.191 e. The van der Waals surface area contributed by atoms with Crippen LogP contribution in [0.25, 0.3) is 0 Å². The highest BCUT2D eigenvalue weighted by molar-refractivity contribution is 14.0. The van der Waals surface area contributed by atoms with Gasteiger partial charge in [0, 0.05) is 45.2 Å². The highest BCUT2D eigenvalue weighted by Crippen LogP contribution is 2.26. The number of rotatable bonds is 6. The molecule has 1 aliphatic heterocycles. The van der Waals surface area contributed by atoms with Crippen molar-refractivity contribution in [2.45, 2.75) is 25.9 Å². The van der Waals surface area contributed by atoms with Gasteiger partial charge in [-0.15, -0.1) is 35.3 Å². The maximum absolute atomic E-state index is 14.0. The van der Waals surface area contributed by atoms with Gasteiger partial charge in [-0.3, -0.25) is 0 Å². The Morgan fingerprint density at radius 3 is 2.69 bits per heavy atom. The molecule has 1 atom stereocenters. The number of hydrogen-bond acceptors (Lipinski definition) is 5. The molecule has 0 amide bonds. The Morgan fingerprint density at radius 2 is 2.07 bits per heavy atom. The fourth-order valence-electron chi connectivity index (χ4n) is 3.12. The molecule has 2 heterocycles. The van der Waals surface area contributed by atoms with Gasteiger partial charge >= 0.3 is 0 Å². The fourth-order valence-corrected chi connectivity index (χ4v) is 3.87. The first-order valence-electron chi connectivity index (χ1n) is 9.33. The third-order valence-corrected chi connectivity index (χ3v) is 5.51. The first-order valence-corrected chi connectivity index (χ1v) is 10.2. The second-order valence-corrected chi connectivity index (χ2v) is 7.69. The molecule has 160 valence electrons. The highest BCUT2D eigenvalue weighted by Gasteiger charge is 2.27. The number of nitrogens with zero attached hydrogens (tertiary/aromatic N) is 4. The van der Waals surface area contributed by atoms with Crippen molar-refractivity contribution in [2.24, 2.45) is 4.99 Å². The van der Waals surface area contributed by atoms with Crippen LogP contribution in [-0.4, -0.2) is 50.7 Å². The van der Waals surface area contributed by atoms with Crippen LogP contribution in [0, 0.1) is 11.6 Å². The van der Waals surface area contributed by atoms with Gasteiger partial charge in [0.2, 0.25) is 0 Å². The Balaban J connectivity index is 0.00000300. The van der Waals surface area contributed by atoms with Gasteiger partial charge < -0.3 is 20.4 Å². The molecule has 0 aliphatic carbocycles. The normalized spacial score (nSPS) is 16.5. The number of para-hydroxylation sites is 1. The Hall–Kier alpha value is -1.69. The van der Waals surface area contributed by atoms with Crippen LogP contribution in [0.3, 0.4) is 0 Å². The molecule has 6 nitrogen and oxygen atoms in total. The van der Waals surface area contributed by atoms with Crippen molar-refractivity contribution in [2.75, 3.05) is 43.5 Å². The standard InChI is InChI=1S/C19H26F2N6S.HI/c1-4-22-18(23-10-14-12-28-19(25-14)26(2)3)24-13-8-9-27(11-13)17-15(20)6-5-7-16(17)21;/h5-7,12-13H,4,8-11H2,1-3H3,(H2,22,23,24);1H. The maximum Gasteiger partial charge on any atom is 0.191 e. The van der Waals surface area contributed by atoms with Crippen LogP contribution in [0.2, 0.25) is 0 Å². The van der Waals surface area contributed by atoms with E-state index in [1.54, 1.807) is 16.2 Å². The lowest BCUT2D eigenvalue weighted by Gasteiger charge is -2.21. The number of aromatic nitrogens is 1.